The number of benzene rings is 2. The molecule has 5 heteroatoms. The molecular weight excluding hydrogens is 336 g/mol. The largest absolute Gasteiger partial charge is 0.323 e. The third-order valence-corrected chi connectivity index (χ3v) is 5.65. The minimum absolute atomic E-state index is 0.0247. The number of hydrogen-bond acceptors (Lipinski definition) is 3. The van der Waals surface area contributed by atoms with Gasteiger partial charge in [-0.15, -0.1) is 0 Å². The molecule has 2 N–H and O–H groups in total. The number of carbonyl (C=O) groups is 1. The highest BCUT2D eigenvalue weighted by Gasteiger charge is 2.30. The second kappa shape index (κ2) is 6.35. The van der Waals surface area contributed by atoms with E-state index < -0.39 is 0 Å². The number of carbonyl (C=O) groups excluding carboxylic acids is 1. The standard InChI is InChI=1S/C22H22N4O/c23-18-9-5-12-26-21(18)14-19(24-26)22(27)25-13-11-17-16(8-4-10-20(17)25)15-6-2-1-3-7-15/h1-4,6-8,10,14,18H,5,9,11-13,23H2. The predicted octanol–water partition coefficient (Wildman–Crippen LogP) is 3.55. The number of anilines is 1. The van der Waals surface area contributed by atoms with Crippen molar-refractivity contribution in [1.29, 1.82) is 0 Å². The Balaban J connectivity index is 1.50. The minimum Gasteiger partial charge on any atom is -0.323 e. The van der Waals surface area contributed by atoms with Crippen molar-refractivity contribution >= 4 is 11.6 Å². The van der Waals surface area contributed by atoms with E-state index in [-0.39, 0.29) is 11.9 Å². The summed E-state index contributed by atoms with van der Waals surface area (Å²) in [5, 5.41) is 4.54. The van der Waals surface area contributed by atoms with Crippen LogP contribution in [0.25, 0.3) is 11.1 Å². The van der Waals surface area contributed by atoms with Crippen LogP contribution in [0.5, 0.6) is 0 Å². The summed E-state index contributed by atoms with van der Waals surface area (Å²) in [6.45, 7) is 1.53. The predicted molar refractivity (Wildman–Crippen MR) is 106 cm³/mol. The van der Waals surface area contributed by atoms with Crippen LogP contribution in [0.1, 0.15) is 40.6 Å². The topological polar surface area (TPSA) is 64.2 Å². The molecule has 0 saturated heterocycles. The lowest BCUT2D eigenvalue weighted by Gasteiger charge is -2.19. The zero-order valence-corrected chi connectivity index (χ0v) is 15.1. The van der Waals surface area contributed by atoms with Gasteiger partial charge in [-0.05, 0) is 48.1 Å². The molecule has 1 atom stereocenters. The zero-order valence-electron chi connectivity index (χ0n) is 15.1. The van der Waals surface area contributed by atoms with Gasteiger partial charge in [0.15, 0.2) is 5.69 Å². The Morgan fingerprint density at radius 3 is 2.74 bits per heavy atom. The van der Waals surface area contributed by atoms with Gasteiger partial charge in [-0.2, -0.15) is 5.10 Å². The van der Waals surface area contributed by atoms with Gasteiger partial charge in [0.05, 0.1) is 5.69 Å². The van der Waals surface area contributed by atoms with Crippen molar-refractivity contribution in [2.75, 3.05) is 11.4 Å². The molecule has 3 aromatic rings. The second-order valence-corrected chi connectivity index (χ2v) is 7.30. The summed E-state index contributed by atoms with van der Waals surface area (Å²) in [7, 11) is 0. The van der Waals surface area contributed by atoms with E-state index in [0.717, 1.165) is 37.2 Å². The van der Waals surface area contributed by atoms with Gasteiger partial charge in [0.25, 0.3) is 5.91 Å². The first-order valence-electron chi connectivity index (χ1n) is 9.55. The fourth-order valence-electron chi connectivity index (χ4n) is 4.29. The second-order valence-electron chi connectivity index (χ2n) is 7.30. The Labute approximate surface area is 158 Å². The van der Waals surface area contributed by atoms with Crippen molar-refractivity contribution in [3.63, 3.8) is 0 Å². The smallest absolute Gasteiger partial charge is 0.278 e. The number of aryl methyl sites for hydroxylation is 1. The lowest BCUT2D eigenvalue weighted by Crippen LogP contribution is -2.29. The van der Waals surface area contributed by atoms with Gasteiger partial charge in [0, 0.05) is 24.8 Å². The van der Waals surface area contributed by atoms with Gasteiger partial charge in [-0.1, -0.05) is 42.5 Å². The van der Waals surface area contributed by atoms with Crippen LogP contribution in [0, 0.1) is 0 Å². The molecule has 5 nitrogen and oxygen atoms in total. The Kier molecular flexibility index (Phi) is 3.83. The Hall–Kier alpha value is -2.92. The molecule has 2 aliphatic heterocycles. The summed E-state index contributed by atoms with van der Waals surface area (Å²) in [5.41, 5.74) is 12.3. The third kappa shape index (κ3) is 2.66. The number of fused-ring (bicyclic) bond motifs is 2. The van der Waals surface area contributed by atoms with E-state index >= 15 is 0 Å². The maximum Gasteiger partial charge on any atom is 0.278 e. The Morgan fingerprint density at radius 1 is 1.07 bits per heavy atom. The van der Waals surface area contributed by atoms with Crippen molar-refractivity contribution in [1.82, 2.24) is 9.78 Å². The highest BCUT2D eigenvalue weighted by atomic mass is 16.2. The molecule has 136 valence electrons. The summed E-state index contributed by atoms with van der Waals surface area (Å²) >= 11 is 0. The lowest BCUT2D eigenvalue weighted by atomic mass is 9.98. The van der Waals surface area contributed by atoms with E-state index in [1.165, 1.54) is 16.7 Å². The maximum absolute atomic E-state index is 13.2. The molecule has 0 radical (unpaired) electrons. The zero-order chi connectivity index (χ0) is 18.4. The fraction of sp³-hybridized carbons (Fsp3) is 0.273. The van der Waals surface area contributed by atoms with E-state index in [9.17, 15) is 4.79 Å². The van der Waals surface area contributed by atoms with E-state index in [2.05, 4.69) is 23.3 Å². The molecule has 2 aromatic carbocycles. The quantitative estimate of drug-likeness (QED) is 0.762. The van der Waals surface area contributed by atoms with Crippen molar-refractivity contribution in [3.8, 4) is 11.1 Å². The van der Waals surface area contributed by atoms with E-state index in [1.807, 2.05) is 46.0 Å². The lowest BCUT2D eigenvalue weighted by molar-refractivity contribution is 0.0983. The summed E-state index contributed by atoms with van der Waals surface area (Å²) in [5.74, 6) is -0.0342. The van der Waals surface area contributed by atoms with Crippen LogP contribution >= 0.6 is 0 Å². The first-order valence-corrected chi connectivity index (χ1v) is 9.55. The van der Waals surface area contributed by atoms with Crippen molar-refractivity contribution in [2.45, 2.75) is 31.8 Å². The molecule has 1 aromatic heterocycles. The van der Waals surface area contributed by atoms with Crippen molar-refractivity contribution in [3.05, 3.63) is 71.5 Å². The van der Waals surface area contributed by atoms with Crippen LogP contribution in [-0.4, -0.2) is 22.2 Å². The highest BCUT2D eigenvalue weighted by molar-refractivity contribution is 6.06. The van der Waals surface area contributed by atoms with Gasteiger partial charge < -0.3 is 10.6 Å². The summed E-state index contributed by atoms with van der Waals surface area (Å²) < 4.78 is 1.90. The van der Waals surface area contributed by atoms with Crippen LogP contribution in [0.2, 0.25) is 0 Å². The van der Waals surface area contributed by atoms with E-state index in [4.69, 9.17) is 5.73 Å². The van der Waals surface area contributed by atoms with Crippen LogP contribution < -0.4 is 10.6 Å². The summed E-state index contributed by atoms with van der Waals surface area (Å²) in [4.78, 5) is 15.1. The molecule has 2 aliphatic rings. The van der Waals surface area contributed by atoms with E-state index in [0.29, 0.717) is 12.2 Å². The van der Waals surface area contributed by atoms with Crippen molar-refractivity contribution < 1.29 is 4.79 Å². The third-order valence-electron chi connectivity index (χ3n) is 5.65. The van der Waals surface area contributed by atoms with Crippen LogP contribution in [-0.2, 0) is 13.0 Å². The van der Waals surface area contributed by atoms with E-state index in [1.54, 1.807) is 0 Å². The first kappa shape index (κ1) is 16.3. The van der Waals surface area contributed by atoms with Gasteiger partial charge in [-0.25, -0.2) is 0 Å². The number of aromatic nitrogens is 2. The molecule has 0 fully saturated rings. The van der Waals surface area contributed by atoms with Gasteiger partial charge in [0.1, 0.15) is 0 Å². The number of nitrogens with zero attached hydrogens (tertiary/aromatic N) is 3. The first-order chi connectivity index (χ1) is 13.2. The Morgan fingerprint density at radius 2 is 1.93 bits per heavy atom. The maximum atomic E-state index is 13.2. The number of nitrogens with two attached hydrogens (primary N) is 1. The van der Waals surface area contributed by atoms with Crippen LogP contribution in [0.3, 0.4) is 0 Å². The minimum atomic E-state index is -0.0342. The monoisotopic (exact) mass is 358 g/mol. The van der Waals surface area contributed by atoms with Crippen LogP contribution in [0.4, 0.5) is 5.69 Å². The molecule has 27 heavy (non-hydrogen) atoms. The average molecular weight is 358 g/mol. The number of amides is 1. The van der Waals surface area contributed by atoms with Crippen molar-refractivity contribution in [2.24, 2.45) is 5.73 Å². The normalized spacial score (nSPS) is 18.3. The highest BCUT2D eigenvalue weighted by Crippen LogP contribution is 2.37. The van der Waals surface area contributed by atoms with Crippen LogP contribution in [0.15, 0.2) is 54.6 Å². The SMILES string of the molecule is NC1CCCn2nc(C(=O)N3CCc4c(-c5ccccc5)cccc43)cc21. The molecule has 1 unspecified atom stereocenters. The molecule has 0 saturated carbocycles. The average Bonchev–Trinajstić information content (AvgIpc) is 3.33. The number of hydrogen-bond donors (Lipinski definition) is 1. The molecule has 0 aliphatic carbocycles. The molecule has 1 amide bonds. The fourth-order valence-corrected chi connectivity index (χ4v) is 4.29. The molecular formula is C22H22N4O. The molecule has 0 bridgehead atoms. The summed E-state index contributed by atoms with van der Waals surface area (Å²) in [6.07, 6.45) is 2.82. The molecule has 3 heterocycles. The van der Waals surface area contributed by atoms with Gasteiger partial charge >= 0.3 is 0 Å². The Bertz CT molecular complexity index is 1010. The number of rotatable bonds is 2. The molecule has 5 rings (SSSR count). The van der Waals surface area contributed by atoms with Gasteiger partial charge in [0.2, 0.25) is 0 Å². The molecule has 0 spiro atoms. The summed E-state index contributed by atoms with van der Waals surface area (Å²) in [6, 6.07) is 18.4. The van der Waals surface area contributed by atoms with Gasteiger partial charge in [-0.3, -0.25) is 9.48 Å².